The summed E-state index contributed by atoms with van der Waals surface area (Å²) in [6.45, 7) is 0. The zero-order valence-corrected chi connectivity index (χ0v) is 8.25. The number of carboxylic acids is 1. The van der Waals surface area contributed by atoms with E-state index in [2.05, 4.69) is 20.9 Å². The summed E-state index contributed by atoms with van der Waals surface area (Å²) in [7, 11) is 0. The lowest BCUT2D eigenvalue weighted by Gasteiger charge is -2.06. The van der Waals surface area contributed by atoms with E-state index in [-0.39, 0.29) is 16.0 Å². The molecule has 1 heterocycles. The number of anilines is 1. The third-order valence-corrected chi connectivity index (χ3v) is 2.11. The predicted octanol–water partition coefficient (Wildman–Crippen LogP) is 2.06. The second kappa shape index (κ2) is 3.87. The Bertz CT molecular complexity index is 384. The van der Waals surface area contributed by atoms with Crippen LogP contribution in [0.2, 0.25) is 0 Å². The van der Waals surface area contributed by atoms with Gasteiger partial charge in [0.2, 0.25) is 0 Å². The molecule has 14 heavy (non-hydrogen) atoms. The van der Waals surface area contributed by atoms with E-state index in [1.165, 1.54) is 0 Å². The molecule has 4 nitrogen and oxygen atoms in total. The summed E-state index contributed by atoms with van der Waals surface area (Å²) in [5, 5.41) is 8.61. The topological polar surface area (TPSA) is 76.2 Å². The first kappa shape index (κ1) is 10.8. The van der Waals surface area contributed by atoms with Crippen LogP contribution in [0.15, 0.2) is 10.7 Å². The summed E-state index contributed by atoms with van der Waals surface area (Å²) in [4.78, 5) is 14.0. The van der Waals surface area contributed by atoms with Crippen LogP contribution in [-0.2, 0) is 0 Å². The van der Waals surface area contributed by atoms with Crippen LogP contribution in [-0.4, -0.2) is 16.1 Å². The number of hydrogen-bond donors (Lipinski definition) is 2. The van der Waals surface area contributed by atoms with Gasteiger partial charge in [-0.1, -0.05) is 0 Å². The summed E-state index contributed by atoms with van der Waals surface area (Å²) < 4.78 is 24.5. The highest BCUT2D eigenvalue weighted by Gasteiger charge is 2.18. The van der Waals surface area contributed by atoms with Crippen LogP contribution in [0.3, 0.4) is 0 Å². The molecule has 0 aliphatic heterocycles. The molecule has 0 aliphatic carbocycles. The minimum absolute atomic E-state index is 0.0631. The highest BCUT2D eigenvalue weighted by atomic mass is 79.9. The lowest BCUT2D eigenvalue weighted by molar-refractivity contribution is 0.0695. The van der Waals surface area contributed by atoms with Gasteiger partial charge in [0.15, 0.2) is 0 Å². The Morgan fingerprint density at radius 1 is 1.64 bits per heavy atom. The van der Waals surface area contributed by atoms with Crippen LogP contribution < -0.4 is 5.73 Å². The molecule has 0 bridgehead atoms. The van der Waals surface area contributed by atoms with Gasteiger partial charge in [0, 0.05) is 0 Å². The number of alkyl halides is 2. The van der Waals surface area contributed by atoms with E-state index in [1.54, 1.807) is 0 Å². The van der Waals surface area contributed by atoms with Crippen molar-refractivity contribution in [3.8, 4) is 0 Å². The first-order chi connectivity index (χ1) is 6.43. The van der Waals surface area contributed by atoms with E-state index >= 15 is 0 Å². The Labute approximate surface area is 85.9 Å². The average Bonchev–Trinajstić information content (AvgIpc) is 2.02. The quantitative estimate of drug-likeness (QED) is 0.804. The molecule has 1 aromatic heterocycles. The number of nitrogen functional groups attached to an aromatic ring is 1. The molecule has 0 aliphatic rings. The van der Waals surface area contributed by atoms with Crippen molar-refractivity contribution in [1.82, 2.24) is 4.98 Å². The van der Waals surface area contributed by atoms with Crippen molar-refractivity contribution in [2.75, 3.05) is 5.73 Å². The van der Waals surface area contributed by atoms with Gasteiger partial charge in [-0.25, -0.2) is 18.6 Å². The highest BCUT2D eigenvalue weighted by Crippen LogP contribution is 2.27. The predicted molar refractivity (Wildman–Crippen MR) is 48.3 cm³/mol. The Kier molecular flexibility index (Phi) is 3.00. The van der Waals surface area contributed by atoms with E-state index < -0.39 is 18.0 Å². The summed E-state index contributed by atoms with van der Waals surface area (Å²) >= 11 is 2.81. The molecule has 1 rings (SSSR count). The number of pyridine rings is 1. The summed E-state index contributed by atoms with van der Waals surface area (Å²) in [6, 6.07) is 0.805. The second-order valence-corrected chi connectivity index (χ2v) is 3.16. The van der Waals surface area contributed by atoms with Crippen LogP contribution in [0.1, 0.15) is 22.3 Å². The molecule has 0 unspecified atom stereocenters. The van der Waals surface area contributed by atoms with Crippen LogP contribution in [0.25, 0.3) is 0 Å². The van der Waals surface area contributed by atoms with Crippen molar-refractivity contribution in [1.29, 1.82) is 0 Å². The van der Waals surface area contributed by atoms with Crippen molar-refractivity contribution in [3.63, 3.8) is 0 Å². The fourth-order valence-electron chi connectivity index (χ4n) is 0.844. The molecule has 0 saturated heterocycles. The Balaban J connectivity index is 3.34. The van der Waals surface area contributed by atoms with E-state index in [0.717, 1.165) is 6.07 Å². The van der Waals surface area contributed by atoms with Gasteiger partial charge in [-0.3, -0.25) is 0 Å². The number of hydrogen-bond acceptors (Lipinski definition) is 3. The fourth-order valence-corrected chi connectivity index (χ4v) is 1.32. The first-order valence-electron chi connectivity index (χ1n) is 3.41. The zero-order valence-electron chi connectivity index (χ0n) is 6.67. The molecule has 0 atom stereocenters. The van der Waals surface area contributed by atoms with Gasteiger partial charge in [-0.15, -0.1) is 0 Å². The number of nitrogens with two attached hydrogens (primary N) is 1. The molecule has 3 N–H and O–H groups in total. The Hall–Kier alpha value is -1.24. The largest absolute Gasteiger partial charge is 0.478 e. The zero-order chi connectivity index (χ0) is 10.9. The molecule has 1 aromatic rings. The fraction of sp³-hybridized carbons (Fsp3) is 0.143. The highest BCUT2D eigenvalue weighted by molar-refractivity contribution is 9.10. The van der Waals surface area contributed by atoms with E-state index in [9.17, 15) is 13.6 Å². The van der Waals surface area contributed by atoms with Crippen molar-refractivity contribution in [2.45, 2.75) is 6.43 Å². The smallest absolute Gasteiger partial charge is 0.338 e. The third-order valence-electron chi connectivity index (χ3n) is 1.50. The van der Waals surface area contributed by atoms with Crippen LogP contribution in [0.5, 0.6) is 0 Å². The molecule has 76 valence electrons. The minimum atomic E-state index is -2.84. The van der Waals surface area contributed by atoms with Crippen LogP contribution in [0.4, 0.5) is 14.6 Å². The van der Waals surface area contributed by atoms with Gasteiger partial charge in [0.1, 0.15) is 10.4 Å². The van der Waals surface area contributed by atoms with Gasteiger partial charge in [0.25, 0.3) is 6.43 Å². The van der Waals surface area contributed by atoms with Gasteiger partial charge in [0.05, 0.1) is 11.1 Å². The monoisotopic (exact) mass is 266 g/mol. The molecule has 7 heteroatoms. The van der Waals surface area contributed by atoms with Gasteiger partial charge in [-0.2, -0.15) is 0 Å². The van der Waals surface area contributed by atoms with E-state index in [4.69, 9.17) is 10.8 Å². The average molecular weight is 267 g/mol. The van der Waals surface area contributed by atoms with Crippen LogP contribution >= 0.6 is 15.9 Å². The number of aromatic nitrogens is 1. The summed E-state index contributed by atoms with van der Waals surface area (Å²) in [6.07, 6.45) is -2.84. The Morgan fingerprint density at radius 3 is 2.64 bits per heavy atom. The number of nitrogens with zero attached hydrogens (tertiary/aromatic N) is 1. The van der Waals surface area contributed by atoms with Crippen LogP contribution in [0, 0.1) is 0 Å². The number of rotatable bonds is 2. The van der Waals surface area contributed by atoms with Gasteiger partial charge >= 0.3 is 5.97 Å². The maximum atomic E-state index is 12.3. The third kappa shape index (κ3) is 1.98. The minimum Gasteiger partial charge on any atom is -0.478 e. The molecule has 0 amide bonds. The van der Waals surface area contributed by atoms with Crippen molar-refractivity contribution in [3.05, 3.63) is 21.8 Å². The first-order valence-corrected chi connectivity index (χ1v) is 4.20. The molecule has 0 fully saturated rings. The number of carbonyl (C=O) groups is 1. The maximum Gasteiger partial charge on any atom is 0.338 e. The maximum absolute atomic E-state index is 12.3. The molecular formula is C7H5BrF2N2O2. The van der Waals surface area contributed by atoms with E-state index in [0.29, 0.717) is 0 Å². The summed E-state index contributed by atoms with van der Waals surface area (Å²) in [5.41, 5.74) is 4.26. The van der Waals surface area contributed by atoms with Gasteiger partial charge in [-0.05, 0) is 22.0 Å². The van der Waals surface area contributed by atoms with Gasteiger partial charge < -0.3 is 10.8 Å². The molecular weight excluding hydrogens is 262 g/mol. The normalized spacial score (nSPS) is 10.6. The van der Waals surface area contributed by atoms with Crippen molar-refractivity contribution >= 4 is 27.7 Å². The number of aromatic carboxylic acids is 1. The summed E-state index contributed by atoms with van der Waals surface area (Å²) in [5.74, 6) is -1.72. The standard InChI is InChI=1S/C7H5BrF2N2O2/c8-4-2(7(13)14)1-3(5(9)10)6(11)12-4/h1,5H,(H2,11,12)(H,13,14). The lowest BCUT2D eigenvalue weighted by Crippen LogP contribution is -2.05. The van der Waals surface area contributed by atoms with E-state index in [1.807, 2.05) is 0 Å². The molecule has 0 aromatic carbocycles. The van der Waals surface area contributed by atoms with Crippen molar-refractivity contribution < 1.29 is 18.7 Å². The number of carboxylic acid groups (broad SMARTS) is 1. The van der Waals surface area contributed by atoms with Crippen molar-refractivity contribution in [2.24, 2.45) is 0 Å². The second-order valence-electron chi connectivity index (χ2n) is 2.41. The lowest BCUT2D eigenvalue weighted by atomic mass is 10.2. The number of halogens is 3. The molecule has 0 radical (unpaired) electrons. The Morgan fingerprint density at radius 2 is 2.21 bits per heavy atom. The molecule has 0 spiro atoms. The SMILES string of the molecule is Nc1nc(Br)c(C(=O)O)cc1C(F)F. The molecule has 0 saturated carbocycles.